The zero-order valence-electron chi connectivity index (χ0n) is 15.1. The summed E-state index contributed by atoms with van der Waals surface area (Å²) in [5.41, 5.74) is -0.664. The van der Waals surface area contributed by atoms with Crippen molar-refractivity contribution >= 4 is 24.1 Å². The number of alkyl halides is 2. The molecule has 3 rings (SSSR count). The number of halogens is 6. The fourth-order valence-electron chi connectivity index (χ4n) is 2.50. The highest BCUT2D eigenvalue weighted by atomic mass is 35.5. The van der Waals surface area contributed by atoms with Gasteiger partial charge in [0.05, 0.1) is 0 Å². The molecule has 0 atom stereocenters. The Hall–Kier alpha value is -3.20. The standard InChI is InChI=1S/C20H14F5N3O.ClH/c21-14-9-8-13(17(22)18(14)23)20(24,25)29-15-7-4-10-27-19(15)28-16(26)11-12-5-2-1-3-6-12;/h1-10H,11H2,(H2,26,27,28);1H. The minimum atomic E-state index is -4.32. The van der Waals surface area contributed by atoms with Crippen molar-refractivity contribution in [3.63, 3.8) is 0 Å². The van der Waals surface area contributed by atoms with Gasteiger partial charge in [-0.15, -0.1) is 12.4 Å². The van der Waals surface area contributed by atoms with Crippen molar-refractivity contribution in [2.24, 2.45) is 0 Å². The Morgan fingerprint density at radius 3 is 2.37 bits per heavy atom. The highest BCUT2D eigenvalue weighted by molar-refractivity contribution is 5.94. The fourth-order valence-corrected chi connectivity index (χ4v) is 2.50. The molecule has 158 valence electrons. The number of anilines is 1. The lowest BCUT2D eigenvalue weighted by molar-refractivity contribution is -0.187. The van der Waals surface area contributed by atoms with Crippen LogP contribution in [0.2, 0.25) is 0 Å². The van der Waals surface area contributed by atoms with Crippen LogP contribution in [0.15, 0.2) is 60.8 Å². The van der Waals surface area contributed by atoms with Crippen molar-refractivity contribution in [3.8, 4) is 5.75 Å². The first-order valence-corrected chi connectivity index (χ1v) is 8.32. The zero-order chi connectivity index (χ0) is 21.0. The highest BCUT2D eigenvalue weighted by Gasteiger charge is 2.40. The number of ether oxygens (including phenoxy) is 1. The topological polar surface area (TPSA) is 58.0 Å². The lowest BCUT2D eigenvalue weighted by Gasteiger charge is -2.20. The lowest BCUT2D eigenvalue weighted by Crippen LogP contribution is -2.25. The number of nitrogens with zero attached hydrogens (tertiary/aromatic N) is 1. The van der Waals surface area contributed by atoms with Gasteiger partial charge < -0.3 is 10.1 Å². The molecule has 0 aliphatic heterocycles. The SMILES string of the molecule is Cl.N=C(Cc1ccccc1)Nc1ncccc1OC(F)(F)c1ccc(F)c(F)c1F. The van der Waals surface area contributed by atoms with Crippen LogP contribution in [0.4, 0.5) is 27.8 Å². The Morgan fingerprint density at radius 1 is 0.967 bits per heavy atom. The van der Waals surface area contributed by atoms with E-state index in [1.54, 1.807) is 24.3 Å². The minimum absolute atomic E-state index is 0. The van der Waals surface area contributed by atoms with Crippen LogP contribution in [-0.4, -0.2) is 10.8 Å². The zero-order valence-corrected chi connectivity index (χ0v) is 16.0. The molecule has 3 aromatic rings. The summed E-state index contributed by atoms with van der Waals surface area (Å²) in [5.74, 6) is -6.44. The second-order valence-electron chi connectivity index (χ2n) is 5.96. The molecule has 1 heterocycles. The largest absolute Gasteiger partial charge is 0.429 e. The molecule has 0 saturated heterocycles. The molecule has 0 aliphatic carbocycles. The molecule has 0 bridgehead atoms. The van der Waals surface area contributed by atoms with E-state index in [2.05, 4.69) is 15.0 Å². The van der Waals surface area contributed by atoms with Crippen molar-refractivity contribution in [1.29, 1.82) is 5.41 Å². The molecule has 1 aromatic heterocycles. The van der Waals surface area contributed by atoms with Crippen LogP contribution in [-0.2, 0) is 12.5 Å². The van der Waals surface area contributed by atoms with Gasteiger partial charge in [-0.1, -0.05) is 30.3 Å². The molecule has 2 aromatic carbocycles. The molecular formula is C20H15ClF5N3O. The molecule has 0 spiro atoms. The van der Waals surface area contributed by atoms with Crippen molar-refractivity contribution in [2.75, 3.05) is 5.32 Å². The summed E-state index contributed by atoms with van der Waals surface area (Å²) in [4.78, 5) is 3.85. The van der Waals surface area contributed by atoms with Crippen LogP contribution in [0.5, 0.6) is 5.75 Å². The second kappa shape index (κ2) is 9.53. The van der Waals surface area contributed by atoms with E-state index in [-0.39, 0.29) is 30.5 Å². The van der Waals surface area contributed by atoms with Crippen LogP contribution in [0.1, 0.15) is 11.1 Å². The van der Waals surface area contributed by atoms with Crippen LogP contribution < -0.4 is 10.1 Å². The van der Waals surface area contributed by atoms with Crippen LogP contribution >= 0.6 is 12.4 Å². The molecule has 10 heteroatoms. The van der Waals surface area contributed by atoms with Gasteiger partial charge in [-0.05, 0) is 29.8 Å². The van der Waals surface area contributed by atoms with Gasteiger partial charge in [0.2, 0.25) is 0 Å². The third-order valence-corrected chi connectivity index (χ3v) is 3.85. The number of aromatic nitrogens is 1. The second-order valence-corrected chi connectivity index (χ2v) is 5.96. The molecule has 0 aliphatic rings. The average molecular weight is 444 g/mol. The maximum Gasteiger partial charge on any atom is 0.429 e. The van der Waals surface area contributed by atoms with Gasteiger partial charge in [0.25, 0.3) is 0 Å². The Kier molecular flexibility index (Phi) is 7.33. The van der Waals surface area contributed by atoms with Crippen molar-refractivity contribution in [1.82, 2.24) is 4.98 Å². The molecule has 0 radical (unpaired) electrons. The number of nitrogens with one attached hydrogen (secondary N) is 2. The highest BCUT2D eigenvalue weighted by Crippen LogP contribution is 2.36. The number of pyridine rings is 1. The summed E-state index contributed by atoms with van der Waals surface area (Å²) >= 11 is 0. The van der Waals surface area contributed by atoms with Gasteiger partial charge in [-0.2, -0.15) is 8.78 Å². The van der Waals surface area contributed by atoms with Gasteiger partial charge in [-0.25, -0.2) is 18.2 Å². The molecule has 0 amide bonds. The van der Waals surface area contributed by atoms with Crippen LogP contribution in [0, 0.1) is 22.9 Å². The number of benzene rings is 2. The maximum atomic E-state index is 14.4. The van der Waals surface area contributed by atoms with E-state index in [0.717, 1.165) is 11.6 Å². The Morgan fingerprint density at radius 2 is 1.67 bits per heavy atom. The summed E-state index contributed by atoms with van der Waals surface area (Å²) in [5, 5.41) is 10.5. The van der Waals surface area contributed by atoms with E-state index >= 15 is 0 Å². The normalized spacial score (nSPS) is 10.8. The Bertz CT molecular complexity index is 1030. The van der Waals surface area contributed by atoms with E-state index in [1.807, 2.05) is 6.07 Å². The first-order chi connectivity index (χ1) is 13.8. The van der Waals surface area contributed by atoms with Crippen LogP contribution in [0.25, 0.3) is 0 Å². The van der Waals surface area contributed by atoms with Gasteiger partial charge in [0.15, 0.2) is 29.0 Å². The van der Waals surface area contributed by atoms with Crippen molar-refractivity contribution in [2.45, 2.75) is 12.5 Å². The minimum Gasteiger partial charge on any atom is -0.425 e. The Balaban J connectivity index is 0.00000320. The number of rotatable bonds is 6. The summed E-state index contributed by atoms with van der Waals surface area (Å²) in [6.45, 7) is 0. The van der Waals surface area contributed by atoms with Crippen molar-refractivity contribution in [3.05, 3.63) is 89.4 Å². The monoisotopic (exact) mass is 443 g/mol. The summed E-state index contributed by atoms with van der Waals surface area (Å²) in [7, 11) is 0. The molecule has 0 unspecified atom stereocenters. The fraction of sp³-hybridized carbons (Fsp3) is 0.100. The molecule has 0 fully saturated rings. The molecular weight excluding hydrogens is 429 g/mol. The summed E-state index contributed by atoms with van der Waals surface area (Å²) in [6.07, 6.45) is -2.87. The summed E-state index contributed by atoms with van der Waals surface area (Å²) in [6, 6.07) is 12.1. The number of hydrogen-bond acceptors (Lipinski definition) is 3. The number of hydrogen-bond donors (Lipinski definition) is 2. The van der Waals surface area contributed by atoms with E-state index in [4.69, 9.17) is 5.41 Å². The quantitative estimate of drug-likeness (QED) is 0.223. The smallest absolute Gasteiger partial charge is 0.425 e. The number of amidine groups is 1. The van der Waals surface area contributed by atoms with Gasteiger partial charge >= 0.3 is 6.11 Å². The van der Waals surface area contributed by atoms with E-state index < -0.39 is 34.9 Å². The molecule has 2 N–H and O–H groups in total. The van der Waals surface area contributed by atoms with Crippen molar-refractivity contribution < 1.29 is 26.7 Å². The van der Waals surface area contributed by atoms with Gasteiger partial charge in [0.1, 0.15) is 11.4 Å². The predicted octanol–water partition coefficient (Wildman–Crippen LogP) is 5.68. The molecule has 0 saturated carbocycles. The van der Waals surface area contributed by atoms with E-state index in [0.29, 0.717) is 12.1 Å². The van der Waals surface area contributed by atoms with Crippen LogP contribution in [0.3, 0.4) is 0 Å². The third kappa shape index (κ3) is 5.24. The maximum absolute atomic E-state index is 14.4. The van der Waals surface area contributed by atoms with Gasteiger partial charge in [0, 0.05) is 12.6 Å². The van der Waals surface area contributed by atoms with E-state index in [9.17, 15) is 22.0 Å². The predicted molar refractivity (Wildman–Crippen MR) is 104 cm³/mol. The first-order valence-electron chi connectivity index (χ1n) is 8.32. The average Bonchev–Trinajstić information content (AvgIpc) is 2.68. The Labute approximate surface area is 174 Å². The molecule has 30 heavy (non-hydrogen) atoms. The first kappa shape index (κ1) is 23.1. The third-order valence-electron chi connectivity index (χ3n) is 3.85. The van der Waals surface area contributed by atoms with Gasteiger partial charge in [-0.3, -0.25) is 5.41 Å². The summed E-state index contributed by atoms with van der Waals surface area (Å²) < 4.78 is 73.5. The van der Waals surface area contributed by atoms with E-state index in [1.165, 1.54) is 12.3 Å². The molecule has 4 nitrogen and oxygen atoms in total. The lowest BCUT2D eigenvalue weighted by atomic mass is 10.1.